The van der Waals surface area contributed by atoms with Gasteiger partial charge in [0.15, 0.2) is 0 Å². The van der Waals surface area contributed by atoms with E-state index in [1.807, 2.05) is 0 Å². The summed E-state index contributed by atoms with van der Waals surface area (Å²) in [6.45, 7) is 0. The first kappa shape index (κ1) is 140. The number of hydrogen-bond donors (Lipinski definition) is 2. The molecule has 0 unspecified atom stereocenters. The van der Waals surface area contributed by atoms with Crippen molar-refractivity contribution < 1.29 is 34.0 Å². The fourth-order valence-electron chi connectivity index (χ4n) is 0. The molecule has 5 heteroatoms. The van der Waals surface area contributed by atoms with Crippen LogP contribution in [0.25, 0.3) is 0 Å². The molecular weight excluding hydrogens is 197 g/mol. The summed E-state index contributed by atoms with van der Waals surface area (Å²) in [7, 11) is 0. The zero-order valence-electron chi connectivity index (χ0n) is 3.46. The Kier molecular flexibility index (Phi) is 2110. The summed E-state index contributed by atoms with van der Waals surface area (Å²) in [6.07, 6.45) is 0. The van der Waals surface area contributed by atoms with Crippen molar-refractivity contribution in [2.75, 3.05) is 0 Å². The van der Waals surface area contributed by atoms with Gasteiger partial charge in [0.1, 0.15) is 0 Å². The van der Waals surface area contributed by atoms with Crippen LogP contribution < -0.4 is 46.3 Å². The van der Waals surface area contributed by atoms with Crippen molar-refractivity contribution in [1.82, 2.24) is 12.3 Å². The summed E-state index contributed by atoms with van der Waals surface area (Å²) in [5.41, 5.74) is 0. The number of quaternary nitrogens is 2. The smallest absolute Gasteiger partial charge is 1.00 e. The molecule has 0 radical (unpaired) electrons. The van der Waals surface area contributed by atoms with Crippen LogP contribution in [0.5, 0.6) is 0 Å². The molecule has 2 nitrogen and oxygen atoms in total. The topological polar surface area (TPSA) is 73.0 Å². The molecule has 5 heavy (non-hydrogen) atoms. The molecule has 0 aliphatic heterocycles. The van der Waals surface area contributed by atoms with Crippen LogP contribution in [0.4, 0.5) is 0 Å². The van der Waals surface area contributed by atoms with Gasteiger partial charge in [-0.15, -0.1) is 0 Å². The fraction of sp³-hybridized carbons (Fsp3) is 0. The Hall–Kier alpha value is 1.05. The summed E-state index contributed by atoms with van der Waals surface area (Å²) in [5, 5.41) is 0. The minimum atomic E-state index is 0. The molecule has 0 fully saturated rings. The molecular formula is H8BeBr2N2+2. The van der Waals surface area contributed by atoms with Crippen molar-refractivity contribution in [3.8, 4) is 0 Å². The summed E-state index contributed by atoms with van der Waals surface area (Å²) in [6, 6.07) is 0. The van der Waals surface area contributed by atoms with E-state index < -0.39 is 0 Å². The van der Waals surface area contributed by atoms with E-state index >= 15 is 0 Å². The van der Waals surface area contributed by atoms with Crippen LogP contribution in [-0.2, 0) is 0 Å². The third kappa shape index (κ3) is 42.7. The van der Waals surface area contributed by atoms with Gasteiger partial charge in [-0.25, -0.2) is 0 Å². The van der Waals surface area contributed by atoms with E-state index in [2.05, 4.69) is 0 Å². The summed E-state index contributed by atoms with van der Waals surface area (Å²) in [5.74, 6) is 0. The zero-order chi connectivity index (χ0) is 0. The molecule has 0 aliphatic rings. The van der Waals surface area contributed by atoms with Crippen LogP contribution in [0, 0.1) is 0 Å². The third-order valence-electron chi connectivity index (χ3n) is 0. The molecule has 0 rings (SSSR count). The van der Waals surface area contributed by atoms with Gasteiger partial charge in [-0.3, -0.25) is 0 Å². The SMILES string of the molecule is [Be+2].[Br-].[Br-].[NH4+].[NH4+]. The van der Waals surface area contributed by atoms with Gasteiger partial charge in [-0.05, 0) is 0 Å². The fourth-order valence-corrected chi connectivity index (χ4v) is 0. The van der Waals surface area contributed by atoms with Gasteiger partial charge >= 0.3 is 10.1 Å². The van der Waals surface area contributed by atoms with Gasteiger partial charge in [0.25, 0.3) is 0 Å². The Morgan fingerprint density at radius 1 is 0.600 bits per heavy atom. The van der Waals surface area contributed by atoms with Crippen molar-refractivity contribution in [2.24, 2.45) is 0 Å². The average molecular weight is 205 g/mol. The van der Waals surface area contributed by atoms with Crippen LogP contribution in [0.3, 0.4) is 0 Å². The Balaban J connectivity index is 0. The number of rotatable bonds is 0. The van der Waals surface area contributed by atoms with Crippen molar-refractivity contribution in [3.63, 3.8) is 0 Å². The van der Waals surface area contributed by atoms with Crippen LogP contribution in [-0.4, -0.2) is 10.1 Å². The molecule has 0 saturated carbocycles. The van der Waals surface area contributed by atoms with E-state index in [0.29, 0.717) is 0 Å². The molecule has 0 bridgehead atoms. The molecule has 0 amide bonds. The summed E-state index contributed by atoms with van der Waals surface area (Å²) >= 11 is 0. The molecule has 8 N–H and O–H groups in total. The molecule has 0 aromatic carbocycles. The third-order valence-corrected chi connectivity index (χ3v) is 0. The maximum atomic E-state index is 0. The van der Waals surface area contributed by atoms with Gasteiger partial charge in [0, 0.05) is 0 Å². The maximum absolute atomic E-state index is 0. The van der Waals surface area contributed by atoms with Crippen molar-refractivity contribution in [1.29, 1.82) is 0 Å². The predicted molar refractivity (Wildman–Crippen MR) is 17.7 cm³/mol. The second kappa shape index (κ2) is 75.2. The molecule has 0 aromatic rings. The van der Waals surface area contributed by atoms with Crippen LogP contribution >= 0.6 is 0 Å². The second-order valence-electron chi connectivity index (χ2n) is 0. The Morgan fingerprint density at radius 2 is 0.600 bits per heavy atom. The molecule has 0 aliphatic carbocycles. The van der Waals surface area contributed by atoms with Crippen molar-refractivity contribution in [2.45, 2.75) is 0 Å². The quantitative estimate of drug-likeness (QED) is 0.370. The van der Waals surface area contributed by atoms with Gasteiger partial charge in [-0.1, -0.05) is 0 Å². The van der Waals surface area contributed by atoms with E-state index in [1.54, 1.807) is 0 Å². The molecule has 0 atom stereocenters. The predicted octanol–water partition coefficient (Wildman–Crippen LogP) is -5.62. The largest absolute Gasteiger partial charge is 2.00 e. The van der Waals surface area contributed by atoms with Crippen LogP contribution in [0.2, 0.25) is 0 Å². The van der Waals surface area contributed by atoms with E-state index in [0.717, 1.165) is 0 Å². The molecule has 0 saturated heterocycles. The normalized spacial score (nSPS) is 0. The van der Waals surface area contributed by atoms with Crippen LogP contribution in [0.15, 0.2) is 0 Å². The van der Waals surface area contributed by atoms with Crippen molar-refractivity contribution in [3.05, 3.63) is 0 Å². The summed E-state index contributed by atoms with van der Waals surface area (Å²) < 4.78 is 0. The number of hydrogen-bond acceptors (Lipinski definition) is 0. The van der Waals surface area contributed by atoms with Gasteiger partial charge < -0.3 is 46.3 Å². The first-order chi connectivity index (χ1) is 0. The standard InChI is InChI=1S/Be.2BrH.2H3N/h;2*1H;2*1H3/q+2;;;;. The second-order valence-corrected chi connectivity index (χ2v) is 0. The Bertz CT molecular complexity index is 7.61. The van der Waals surface area contributed by atoms with Gasteiger partial charge in [-0.2, -0.15) is 0 Å². The minimum absolute atomic E-state index is 0. The molecule has 0 aromatic heterocycles. The van der Waals surface area contributed by atoms with Gasteiger partial charge in [0.05, 0.1) is 0 Å². The van der Waals surface area contributed by atoms with Gasteiger partial charge in [0.2, 0.25) is 0 Å². The van der Waals surface area contributed by atoms with Crippen LogP contribution in [0.1, 0.15) is 0 Å². The van der Waals surface area contributed by atoms with E-state index in [1.165, 1.54) is 0 Å². The first-order valence-electron chi connectivity index (χ1n) is 0. The number of halogens is 2. The molecule has 0 spiro atoms. The van der Waals surface area contributed by atoms with E-state index in [9.17, 15) is 0 Å². The Morgan fingerprint density at radius 3 is 0.600 bits per heavy atom. The first-order valence-corrected chi connectivity index (χ1v) is 0. The average Bonchev–Trinajstić information content (AvgIpc) is 0. The van der Waals surface area contributed by atoms with E-state index in [4.69, 9.17) is 0 Å². The summed E-state index contributed by atoms with van der Waals surface area (Å²) in [4.78, 5) is 0. The van der Waals surface area contributed by atoms with Crippen molar-refractivity contribution >= 4 is 10.1 Å². The zero-order valence-corrected chi connectivity index (χ0v) is 6.64. The molecule has 32 valence electrons. The van der Waals surface area contributed by atoms with E-state index in [-0.39, 0.29) is 56.4 Å². The minimum Gasteiger partial charge on any atom is -1.00 e. The monoisotopic (exact) mass is 203 g/mol. The maximum Gasteiger partial charge on any atom is 2.00 e. The Labute approximate surface area is 56.6 Å². The molecule has 0 heterocycles.